The summed E-state index contributed by atoms with van der Waals surface area (Å²) in [5.41, 5.74) is 0. The monoisotopic (exact) mass is 139 g/mol. The molecule has 0 saturated carbocycles. The second kappa shape index (κ2) is 3.40. The van der Waals surface area contributed by atoms with Crippen molar-refractivity contribution in [1.82, 2.24) is 4.98 Å². The molecule has 0 amide bonds. The van der Waals surface area contributed by atoms with Gasteiger partial charge >= 0.3 is 0 Å². The lowest BCUT2D eigenvalue weighted by molar-refractivity contribution is -0.701. The first kappa shape index (κ1) is 7.32. The van der Waals surface area contributed by atoms with Crippen molar-refractivity contribution in [1.29, 1.82) is 0 Å². The molecule has 1 atom stereocenters. The fraction of sp³-hybridized carbons (Fsp3) is 0.625. The third kappa shape index (κ3) is 1.87. The second-order valence-corrected chi connectivity index (χ2v) is 2.82. The van der Waals surface area contributed by atoms with Gasteiger partial charge in [0, 0.05) is 0 Å². The molecule has 1 unspecified atom stereocenters. The van der Waals surface area contributed by atoms with Crippen LogP contribution >= 0.6 is 0 Å². The molecule has 1 aromatic heterocycles. The van der Waals surface area contributed by atoms with Gasteiger partial charge < -0.3 is 0 Å². The van der Waals surface area contributed by atoms with Crippen molar-refractivity contribution in [2.75, 3.05) is 0 Å². The van der Waals surface area contributed by atoms with Crippen molar-refractivity contribution in [3.05, 3.63) is 18.7 Å². The normalized spacial score (nSPS) is 13.4. The smallest absolute Gasteiger partial charge is 0.241 e. The predicted molar refractivity (Wildman–Crippen MR) is 40.4 cm³/mol. The summed E-state index contributed by atoms with van der Waals surface area (Å²) in [4.78, 5) is 3.02. The summed E-state index contributed by atoms with van der Waals surface area (Å²) in [5.74, 6) is 0.779. The largest absolute Gasteiger partial charge is 0.250 e. The van der Waals surface area contributed by atoms with Crippen molar-refractivity contribution in [2.24, 2.45) is 5.92 Å². The molecule has 1 heterocycles. The molecule has 0 aliphatic carbocycles. The van der Waals surface area contributed by atoms with Gasteiger partial charge in [-0.1, -0.05) is 13.8 Å². The van der Waals surface area contributed by atoms with Crippen molar-refractivity contribution >= 4 is 0 Å². The summed E-state index contributed by atoms with van der Waals surface area (Å²) in [6, 6.07) is 0. The zero-order valence-corrected chi connectivity index (χ0v) is 6.67. The maximum absolute atomic E-state index is 3.02. The van der Waals surface area contributed by atoms with Crippen LogP contribution in [0.25, 0.3) is 0 Å². The van der Waals surface area contributed by atoms with Gasteiger partial charge in [0.05, 0.1) is 6.54 Å². The van der Waals surface area contributed by atoms with Crippen LogP contribution in [0.4, 0.5) is 0 Å². The van der Waals surface area contributed by atoms with E-state index in [4.69, 9.17) is 0 Å². The van der Waals surface area contributed by atoms with Gasteiger partial charge in [0.2, 0.25) is 6.33 Å². The van der Waals surface area contributed by atoms with Crippen LogP contribution in [0.2, 0.25) is 0 Å². The summed E-state index contributed by atoms with van der Waals surface area (Å²) in [6.07, 6.45) is 7.25. The van der Waals surface area contributed by atoms with Gasteiger partial charge in [-0.15, -0.1) is 0 Å². The van der Waals surface area contributed by atoms with E-state index >= 15 is 0 Å². The molecule has 0 aliphatic heterocycles. The number of imidazole rings is 1. The Morgan fingerprint density at radius 1 is 1.60 bits per heavy atom. The van der Waals surface area contributed by atoms with Crippen LogP contribution in [0.5, 0.6) is 0 Å². The quantitative estimate of drug-likeness (QED) is 0.610. The Hall–Kier alpha value is -0.790. The topological polar surface area (TPSA) is 19.7 Å². The molecule has 1 N–H and O–H groups in total. The van der Waals surface area contributed by atoms with Crippen molar-refractivity contribution in [3.63, 3.8) is 0 Å². The van der Waals surface area contributed by atoms with Gasteiger partial charge in [-0.05, 0) is 12.3 Å². The highest BCUT2D eigenvalue weighted by atomic mass is 15.0. The van der Waals surface area contributed by atoms with Crippen LogP contribution in [-0.4, -0.2) is 4.98 Å². The van der Waals surface area contributed by atoms with Gasteiger partial charge in [0.25, 0.3) is 0 Å². The molecule has 0 spiro atoms. The number of hydrogen-bond donors (Lipinski definition) is 1. The van der Waals surface area contributed by atoms with Gasteiger partial charge in [-0.3, -0.25) is 4.98 Å². The Morgan fingerprint density at radius 3 is 2.90 bits per heavy atom. The Kier molecular flexibility index (Phi) is 2.49. The molecule has 2 heteroatoms. The Labute approximate surface area is 61.9 Å². The van der Waals surface area contributed by atoms with Crippen LogP contribution in [0.3, 0.4) is 0 Å². The first-order valence-corrected chi connectivity index (χ1v) is 3.84. The zero-order valence-electron chi connectivity index (χ0n) is 6.67. The molecule has 1 rings (SSSR count). The van der Waals surface area contributed by atoms with E-state index in [2.05, 4.69) is 29.6 Å². The minimum atomic E-state index is 0.779. The number of rotatable bonds is 3. The lowest BCUT2D eigenvalue weighted by atomic mass is 10.1. The highest BCUT2D eigenvalue weighted by Gasteiger charge is 2.02. The molecular weight excluding hydrogens is 124 g/mol. The van der Waals surface area contributed by atoms with Crippen molar-refractivity contribution in [3.8, 4) is 0 Å². The molecule has 0 bridgehead atoms. The fourth-order valence-corrected chi connectivity index (χ4v) is 0.923. The fourth-order valence-electron chi connectivity index (χ4n) is 0.923. The summed E-state index contributed by atoms with van der Waals surface area (Å²) >= 11 is 0. The summed E-state index contributed by atoms with van der Waals surface area (Å²) in [6.45, 7) is 5.61. The summed E-state index contributed by atoms with van der Waals surface area (Å²) in [7, 11) is 0. The van der Waals surface area contributed by atoms with E-state index < -0.39 is 0 Å². The minimum absolute atomic E-state index is 0.779. The first-order chi connectivity index (χ1) is 4.83. The SMILES string of the molecule is CCC(C)C[n+]1cc[nH]c1. The summed E-state index contributed by atoms with van der Waals surface area (Å²) < 4.78 is 2.17. The molecule has 0 aromatic carbocycles. The van der Waals surface area contributed by atoms with E-state index in [-0.39, 0.29) is 0 Å². The molecule has 0 radical (unpaired) electrons. The Balaban J connectivity index is 2.40. The molecule has 1 aromatic rings. The van der Waals surface area contributed by atoms with Gasteiger partial charge in [-0.25, -0.2) is 4.57 Å². The number of nitrogens with one attached hydrogen (secondary N) is 1. The molecule has 2 nitrogen and oxygen atoms in total. The molecular formula is C8H15N2+. The maximum Gasteiger partial charge on any atom is 0.241 e. The molecule has 0 fully saturated rings. The highest BCUT2D eigenvalue weighted by molar-refractivity contribution is 4.56. The molecule has 0 saturated heterocycles. The number of nitrogens with zero attached hydrogens (tertiary/aromatic N) is 1. The predicted octanol–water partition coefficient (Wildman–Crippen LogP) is 1.35. The molecule has 56 valence electrons. The first-order valence-electron chi connectivity index (χ1n) is 3.84. The number of hydrogen-bond acceptors (Lipinski definition) is 0. The van der Waals surface area contributed by atoms with Crippen LogP contribution in [0.1, 0.15) is 20.3 Å². The third-order valence-electron chi connectivity index (χ3n) is 1.82. The van der Waals surface area contributed by atoms with Crippen molar-refractivity contribution < 1.29 is 4.57 Å². The van der Waals surface area contributed by atoms with Gasteiger partial charge in [0.1, 0.15) is 12.4 Å². The van der Waals surface area contributed by atoms with E-state index in [1.807, 2.05) is 12.5 Å². The Morgan fingerprint density at radius 2 is 2.40 bits per heavy atom. The van der Waals surface area contributed by atoms with Crippen LogP contribution < -0.4 is 4.57 Å². The maximum atomic E-state index is 3.02. The van der Waals surface area contributed by atoms with E-state index in [0.29, 0.717) is 0 Å². The van der Waals surface area contributed by atoms with Crippen LogP contribution in [0, 0.1) is 5.92 Å². The number of H-pyrrole nitrogens is 1. The Bertz CT molecular complexity index is 167. The lowest BCUT2D eigenvalue weighted by Crippen LogP contribution is -2.33. The zero-order chi connectivity index (χ0) is 7.40. The number of aromatic nitrogens is 2. The van der Waals surface area contributed by atoms with E-state index in [0.717, 1.165) is 12.5 Å². The van der Waals surface area contributed by atoms with E-state index in [1.54, 1.807) is 0 Å². The van der Waals surface area contributed by atoms with Crippen LogP contribution in [-0.2, 0) is 6.54 Å². The third-order valence-corrected chi connectivity index (χ3v) is 1.82. The highest BCUT2D eigenvalue weighted by Crippen LogP contribution is 1.98. The molecule has 10 heavy (non-hydrogen) atoms. The standard InChI is InChI=1S/C8H14N2/c1-3-8(2)6-10-5-4-9-7-10/h4-5,7-8H,3,6H2,1-2H3/p+1. The lowest BCUT2D eigenvalue weighted by Gasteiger charge is -2.02. The van der Waals surface area contributed by atoms with Crippen molar-refractivity contribution in [2.45, 2.75) is 26.8 Å². The number of aromatic amines is 1. The van der Waals surface area contributed by atoms with Gasteiger partial charge in [-0.2, -0.15) is 0 Å². The van der Waals surface area contributed by atoms with E-state index in [9.17, 15) is 0 Å². The average molecular weight is 139 g/mol. The minimum Gasteiger partial charge on any atom is -0.250 e. The van der Waals surface area contributed by atoms with Gasteiger partial charge in [0.15, 0.2) is 0 Å². The molecule has 0 aliphatic rings. The average Bonchev–Trinajstić information content (AvgIpc) is 2.40. The van der Waals surface area contributed by atoms with E-state index in [1.165, 1.54) is 6.42 Å². The van der Waals surface area contributed by atoms with Crippen LogP contribution in [0.15, 0.2) is 18.7 Å². The second-order valence-electron chi connectivity index (χ2n) is 2.82. The summed E-state index contributed by atoms with van der Waals surface area (Å²) in [5, 5.41) is 0.